The van der Waals surface area contributed by atoms with Gasteiger partial charge in [0.2, 0.25) is 0 Å². The van der Waals surface area contributed by atoms with Crippen molar-refractivity contribution in [2.45, 2.75) is 55.1 Å². The molecule has 8 aromatic rings. The van der Waals surface area contributed by atoms with Crippen molar-refractivity contribution in [3.63, 3.8) is 0 Å². The van der Waals surface area contributed by atoms with E-state index in [9.17, 15) is 14.4 Å². The molecule has 0 atom stereocenters. The maximum atomic E-state index is 11.7. The zero-order valence-corrected chi connectivity index (χ0v) is 46.9. The molecule has 0 N–H and O–H groups in total. The summed E-state index contributed by atoms with van der Waals surface area (Å²) in [6.07, 6.45) is 0. The second-order valence-corrected chi connectivity index (χ2v) is 30.8. The van der Waals surface area contributed by atoms with Gasteiger partial charge in [0, 0.05) is 85.5 Å². The van der Waals surface area contributed by atoms with Crippen LogP contribution < -0.4 is 20.7 Å². The van der Waals surface area contributed by atoms with Gasteiger partial charge in [-0.1, -0.05) is 157 Å². The third-order valence-corrected chi connectivity index (χ3v) is 19.5. The second-order valence-electron chi connectivity index (χ2n) is 18.5. The predicted octanol–water partition coefficient (Wildman–Crippen LogP) is 11.8. The Morgan fingerprint density at radius 3 is 0.640 bits per heavy atom. The Hall–Kier alpha value is -7.95. The Bertz CT molecular complexity index is 3420. The van der Waals surface area contributed by atoms with Gasteiger partial charge in [0.1, 0.15) is 8.07 Å². The highest BCUT2D eigenvalue weighted by Crippen LogP contribution is 2.21. The summed E-state index contributed by atoms with van der Waals surface area (Å²) < 4.78 is 0. The van der Waals surface area contributed by atoms with Crippen LogP contribution in [0.2, 0.25) is 19.6 Å². The fourth-order valence-electron chi connectivity index (χ4n) is 8.00. The van der Waals surface area contributed by atoms with E-state index < -0.39 is 16.1 Å². The van der Waals surface area contributed by atoms with Crippen LogP contribution in [-0.2, 0) is 14.4 Å². The SMILES string of the molecule is CC(=O)Sc1ccc(C#Cc2ccc([Si](c3ccc(C#Cc4ccc(C#C[Si](C)(C)C)cc4)cc3)(c3ccc(C#Cc4ccc(SC(C)=O)cc4)cc3)c3ccc(C#Cc4ccc(SC(C)=O)cc4)cc3)cc2)cc1. The van der Waals surface area contributed by atoms with Crippen LogP contribution in [0.15, 0.2) is 209 Å². The topological polar surface area (TPSA) is 51.2 Å². The van der Waals surface area contributed by atoms with E-state index in [1.165, 1.54) is 56.0 Å². The van der Waals surface area contributed by atoms with E-state index in [4.69, 9.17) is 0 Å². The number of thioether (sulfide) groups is 3. The Morgan fingerprint density at radius 1 is 0.280 bits per heavy atom. The maximum Gasteiger partial charge on any atom is 0.190 e. The number of carbonyl (C=O) groups is 3. The van der Waals surface area contributed by atoms with Crippen molar-refractivity contribution in [3.05, 3.63) is 244 Å². The molecule has 0 spiro atoms. The van der Waals surface area contributed by atoms with Gasteiger partial charge in [-0.15, -0.1) is 5.54 Å². The standard InChI is InChI=1S/C67H50O3S3Si2/c1-49(68)71-61-33-19-53(20-34-61)8-12-57-27-41-65(42-28-57)75(66-43-29-58(30-44-66)13-9-54-21-35-62(36-22-54)72-50(2)69,67-45-31-59(32-46-67)14-10-55-23-37-63(38-24-55)73-51(3)70)64-39-25-56(26-40-64)11-7-52-15-17-60(18-16-52)47-48-74(4,5)6/h15-46H,1-6H3. The molecule has 0 bridgehead atoms. The summed E-state index contributed by atoms with van der Waals surface area (Å²) in [7, 11) is -4.61. The summed E-state index contributed by atoms with van der Waals surface area (Å²) in [6.45, 7) is 11.4. The molecule has 0 fully saturated rings. The van der Waals surface area contributed by atoms with Crippen molar-refractivity contribution < 1.29 is 14.4 Å². The fourth-order valence-corrected chi connectivity index (χ4v) is 15.0. The van der Waals surface area contributed by atoms with E-state index in [-0.39, 0.29) is 15.3 Å². The smallest absolute Gasteiger partial charge is 0.190 e. The van der Waals surface area contributed by atoms with Crippen molar-refractivity contribution in [2.75, 3.05) is 0 Å². The second kappa shape index (κ2) is 24.9. The maximum absolute atomic E-state index is 11.7. The Morgan fingerprint density at radius 2 is 0.453 bits per heavy atom. The molecule has 8 heteroatoms. The van der Waals surface area contributed by atoms with Gasteiger partial charge < -0.3 is 0 Å². The summed E-state index contributed by atoms with van der Waals surface area (Å²) in [6, 6.07) is 66.0. The molecule has 0 radical (unpaired) electrons. The zero-order chi connectivity index (χ0) is 52.8. The number of hydrogen-bond acceptors (Lipinski definition) is 6. The molecule has 0 aliphatic heterocycles. The molecule has 0 amide bonds. The summed E-state index contributed by atoms with van der Waals surface area (Å²) >= 11 is 3.62. The third-order valence-electron chi connectivity index (χ3n) is 11.5. The van der Waals surface area contributed by atoms with E-state index in [0.717, 1.165) is 64.8 Å². The van der Waals surface area contributed by atoms with E-state index in [1.54, 1.807) is 20.8 Å². The monoisotopic (exact) mass is 1050 g/mol. The van der Waals surface area contributed by atoms with Crippen molar-refractivity contribution in [1.82, 2.24) is 0 Å². The molecule has 8 rings (SSSR count). The molecule has 0 heterocycles. The lowest BCUT2D eigenvalue weighted by Crippen LogP contribution is -2.74. The first-order chi connectivity index (χ1) is 36.2. The molecule has 0 saturated carbocycles. The molecule has 0 aliphatic carbocycles. The number of carbonyl (C=O) groups excluding carboxylic acids is 3. The first-order valence-electron chi connectivity index (χ1n) is 24.2. The van der Waals surface area contributed by atoms with Gasteiger partial charge in [0.25, 0.3) is 0 Å². The van der Waals surface area contributed by atoms with Gasteiger partial charge in [0.15, 0.2) is 23.4 Å². The highest BCUT2D eigenvalue weighted by Gasteiger charge is 2.41. The van der Waals surface area contributed by atoms with Gasteiger partial charge >= 0.3 is 0 Å². The summed E-state index contributed by atoms with van der Waals surface area (Å²) in [5, 5.41) is 4.80. The highest BCUT2D eigenvalue weighted by molar-refractivity contribution is 8.14. The van der Waals surface area contributed by atoms with Crippen molar-refractivity contribution in [2.24, 2.45) is 0 Å². The third kappa shape index (κ3) is 15.1. The molecule has 8 aromatic carbocycles. The largest absolute Gasteiger partial charge is 0.287 e. The quantitative estimate of drug-likeness (QED) is 0.0686. The van der Waals surface area contributed by atoms with Crippen LogP contribution in [0.3, 0.4) is 0 Å². The molecule has 0 unspecified atom stereocenters. The lowest BCUT2D eigenvalue weighted by Gasteiger charge is -2.34. The van der Waals surface area contributed by atoms with Gasteiger partial charge in [-0.3, -0.25) is 14.4 Å². The highest BCUT2D eigenvalue weighted by atomic mass is 32.2. The van der Waals surface area contributed by atoms with Crippen molar-refractivity contribution >= 4 is 87.5 Å². The van der Waals surface area contributed by atoms with Crippen molar-refractivity contribution in [1.29, 1.82) is 0 Å². The van der Waals surface area contributed by atoms with Crippen LogP contribution in [-0.4, -0.2) is 31.5 Å². The fraction of sp³-hybridized carbons (Fsp3) is 0.0896. The lowest BCUT2D eigenvalue weighted by atomic mass is 10.1. The van der Waals surface area contributed by atoms with Gasteiger partial charge in [-0.25, -0.2) is 0 Å². The molecule has 362 valence electrons. The van der Waals surface area contributed by atoms with Gasteiger partial charge in [-0.2, -0.15) is 0 Å². The minimum Gasteiger partial charge on any atom is -0.287 e. The minimum absolute atomic E-state index is 0.0435. The first-order valence-corrected chi connectivity index (χ1v) is 32.1. The van der Waals surface area contributed by atoms with E-state index in [0.29, 0.717) is 0 Å². The molecule has 0 saturated heterocycles. The predicted molar refractivity (Wildman–Crippen MR) is 320 cm³/mol. The van der Waals surface area contributed by atoms with Crippen LogP contribution in [0.5, 0.6) is 0 Å². The van der Waals surface area contributed by atoms with Gasteiger partial charge in [-0.05, 0) is 166 Å². The number of benzene rings is 8. The van der Waals surface area contributed by atoms with Gasteiger partial charge in [0.05, 0.1) is 0 Å². The Balaban J connectivity index is 1.21. The number of hydrogen-bond donors (Lipinski definition) is 0. The summed E-state index contributed by atoms with van der Waals surface area (Å²) in [4.78, 5) is 37.6. The van der Waals surface area contributed by atoms with E-state index in [1.807, 2.05) is 97.1 Å². The molecular formula is C67H50O3S3Si2. The van der Waals surface area contributed by atoms with E-state index in [2.05, 4.69) is 176 Å². The number of rotatable bonds is 7. The minimum atomic E-state index is -3.12. The molecule has 0 aliphatic rings. The summed E-state index contributed by atoms with van der Waals surface area (Å²) in [5.74, 6) is 30.2. The van der Waals surface area contributed by atoms with Crippen LogP contribution >= 0.6 is 35.3 Å². The molecule has 3 nitrogen and oxygen atoms in total. The zero-order valence-electron chi connectivity index (χ0n) is 42.4. The molecule has 0 aromatic heterocycles. The summed E-state index contributed by atoms with van der Waals surface area (Å²) in [5.41, 5.74) is 11.5. The van der Waals surface area contributed by atoms with Crippen LogP contribution in [0.1, 0.15) is 70.8 Å². The Labute approximate surface area is 456 Å². The average Bonchev–Trinajstić information content (AvgIpc) is 3.40. The molecular weight excluding hydrogens is 1010 g/mol. The Kier molecular flexibility index (Phi) is 17.7. The van der Waals surface area contributed by atoms with Crippen LogP contribution in [0.4, 0.5) is 0 Å². The van der Waals surface area contributed by atoms with E-state index >= 15 is 0 Å². The van der Waals surface area contributed by atoms with Crippen molar-refractivity contribution in [3.8, 4) is 58.8 Å². The molecule has 75 heavy (non-hydrogen) atoms. The van der Waals surface area contributed by atoms with Crippen LogP contribution in [0.25, 0.3) is 0 Å². The first kappa shape index (κ1) is 53.3. The average molecular weight is 1060 g/mol. The lowest BCUT2D eigenvalue weighted by molar-refractivity contribution is -0.109. The normalized spacial score (nSPS) is 10.6. The van der Waals surface area contributed by atoms with Crippen LogP contribution in [0, 0.1) is 58.8 Å².